The van der Waals surface area contributed by atoms with Gasteiger partial charge in [-0.25, -0.2) is 9.18 Å². The highest BCUT2D eigenvalue weighted by Gasteiger charge is 2.24. The summed E-state index contributed by atoms with van der Waals surface area (Å²) in [4.78, 5) is 13.2. The molecule has 0 saturated heterocycles. The number of carbonyl (C=O) groups is 1. The minimum atomic E-state index is -1.04. The van der Waals surface area contributed by atoms with Gasteiger partial charge in [0.25, 0.3) is 0 Å². The van der Waals surface area contributed by atoms with Crippen LogP contribution in [-0.2, 0) is 6.42 Å². The molecule has 4 nitrogen and oxygen atoms in total. The highest BCUT2D eigenvalue weighted by Crippen LogP contribution is 2.37. The summed E-state index contributed by atoms with van der Waals surface area (Å²) in [5.41, 5.74) is 8.43. The zero-order valence-electron chi connectivity index (χ0n) is 10.6. The van der Waals surface area contributed by atoms with E-state index in [2.05, 4.69) is 0 Å². The second-order valence-electron chi connectivity index (χ2n) is 4.76. The molecule has 0 amide bonds. The maximum atomic E-state index is 13.4. The minimum Gasteiger partial charge on any atom is -0.478 e. The van der Waals surface area contributed by atoms with Crippen LogP contribution in [0, 0.1) is 5.82 Å². The first-order valence-corrected chi connectivity index (χ1v) is 6.25. The summed E-state index contributed by atoms with van der Waals surface area (Å²) in [6.45, 7) is 0.628. The minimum absolute atomic E-state index is 0.127. The van der Waals surface area contributed by atoms with Crippen LogP contribution in [0.4, 0.5) is 21.5 Å². The van der Waals surface area contributed by atoms with Crippen molar-refractivity contribution in [2.75, 3.05) is 17.2 Å². The van der Waals surface area contributed by atoms with Crippen LogP contribution >= 0.6 is 0 Å². The Morgan fingerprint density at radius 3 is 2.75 bits per heavy atom. The van der Waals surface area contributed by atoms with Gasteiger partial charge in [-0.3, -0.25) is 0 Å². The van der Waals surface area contributed by atoms with Crippen molar-refractivity contribution in [2.45, 2.75) is 6.42 Å². The molecule has 0 radical (unpaired) electrons. The van der Waals surface area contributed by atoms with Crippen LogP contribution in [0.1, 0.15) is 15.9 Å². The number of nitrogens with two attached hydrogens (primary N) is 1. The van der Waals surface area contributed by atoms with Crippen molar-refractivity contribution >= 4 is 23.0 Å². The number of carboxylic acid groups (broad SMARTS) is 1. The van der Waals surface area contributed by atoms with Gasteiger partial charge in [-0.2, -0.15) is 0 Å². The number of fused-ring (bicyclic) bond motifs is 1. The number of nitrogens with zero attached hydrogens (tertiary/aromatic N) is 1. The predicted octanol–water partition coefficient (Wildman–Crippen LogP) is 2.80. The molecular weight excluding hydrogens is 259 g/mol. The first-order chi connectivity index (χ1) is 9.56. The van der Waals surface area contributed by atoms with E-state index in [1.807, 2.05) is 4.90 Å². The molecule has 2 aromatic carbocycles. The molecule has 2 aromatic rings. The molecule has 1 aliphatic heterocycles. The van der Waals surface area contributed by atoms with E-state index >= 15 is 0 Å². The van der Waals surface area contributed by atoms with Gasteiger partial charge < -0.3 is 15.7 Å². The zero-order chi connectivity index (χ0) is 14.3. The third kappa shape index (κ3) is 1.97. The number of rotatable bonds is 2. The van der Waals surface area contributed by atoms with Gasteiger partial charge in [0.15, 0.2) is 0 Å². The average Bonchev–Trinajstić information content (AvgIpc) is 2.81. The lowest BCUT2D eigenvalue weighted by Gasteiger charge is -2.21. The van der Waals surface area contributed by atoms with Gasteiger partial charge in [-0.05, 0) is 42.3 Å². The van der Waals surface area contributed by atoms with Crippen molar-refractivity contribution in [2.24, 2.45) is 0 Å². The molecule has 3 rings (SSSR count). The summed E-state index contributed by atoms with van der Waals surface area (Å²) in [5.74, 6) is -1.37. The summed E-state index contributed by atoms with van der Waals surface area (Å²) < 4.78 is 13.4. The van der Waals surface area contributed by atoms with E-state index in [-0.39, 0.29) is 11.4 Å². The number of anilines is 3. The van der Waals surface area contributed by atoms with Crippen molar-refractivity contribution in [3.8, 4) is 0 Å². The summed E-state index contributed by atoms with van der Waals surface area (Å²) in [6.07, 6.45) is 0.763. The number of hydrogen-bond acceptors (Lipinski definition) is 3. The first-order valence-electron chi connectivity index (χ1n) is 6.25. The van der Waals surface area contributed by atoms with Crippen molar-refractivity contribution in [1.82, 2.24) is 0 Å². The number of aromatic carboxylic acids is 1. The molecule has 0 unspecified atom stereocenters. The second kappa shape index (κ2) is 4.52. The maximum absolute atomic E-state index is 13.4. The third-order valence-corrected chi connectivity index (χ3v) is 3.48. The Labute approximate surface area is 115 Å². The predicted molar refractivity (Wildman–Crippen MR) is 74.9 cm³/mol. The van der Waals surface area contributed by atoms with Crippen LogP contribution in [0.2, 0.25) is 0 Å². The molecule has 0 aliphatic carbocycles. The van der Waals surface area contributed by atoms with Gasteiger partial charge in [0, 0.05) is 17.9 Å². The Hall–Kier alpha value is -2.56. The Morgan fingerprint density at radius 1 is 1.20 bits per heavy atom. The summed E-state index contributed by atoms with van der Waals surface area (Å²) in [5, 5.41) is 9.30. The van der Waals surface area contributed by atoms with Crippen LogP contribution in [0.3, 0.4) is 0 Å². The van der Waals surface area contributed by atoms with Gasteiger partial charge in [-0.1, -0.05) is 6.07 Å². The third-order valence-electron chi connectivity index (χ3n) is 3.48. The number of benzene rings is 2. The number of nitrogen functional groups attached to an aromatic ring is 1. The maximum Gasteiger partial charge on any atom is 0.337 e. The zero-order valence-corrected chi connectivity index (χ0v) is 10.6. The van der Waals surface area contributed by atoms with E-state index in [0.717, 1.165) is 17.7 Å². The normalized spacial score (nSPS) is 13.3. The molecule has 102 valence electrons. The lowest BCUT2D eigenvalue weighted by molar-refractivity contribution is 0.0697. The Bertz CT molecular complexity index is 700. The van der Waals surface area contributed by atoms with E-state index < -0.39 is 5.97 Å². The van der Waals surface area contributed by atoms with Crippen LogP contribution in [0.15, 0.2) is 36.4 Å². The van der Waals surface area contributed by atoms with Crippen molar-refractivity contribution in [3.63, 3.8) is 0 Å². The molecule has 0 spiro atoms. The lowest BCUT2D eigenvalue weighted by atomic mass is 10.1. The van der Waals surface area contributed by atoms with Crippen molar-refractivity contribution < 1.29 is 14.3 Å². The van der Waals surface area contributed by atoms with E-state index in [0.29, 0.717) is 17.9 Å². The molecular formula is C15H13FN2O2. The number of halogens is 1. The Kier molecular flexibility index (Phi) is 2.82. The average molecular weight is 272 g/mol. The van der Waals surface area contributed by atoms with Crippen molar-refractivity contribution in [1.29, 1.82) is 0 Å². The Morgan fingerprint density at radius 2 is 2.00 bits per heavy atom. The fourth-order valence-corrected chi connectivity index (χ4v) is 2.56. The van der Waals surface area contributed by atoms with Gasteiger partial charge in [0.05, 0.1) is 11.3 Å². The monoisotopic (exact) mass is 272 g/mol. The van der Waals surface area contributed by atoms with Crippen LogP contribution in [0.5, 0.6) is 0 Å². The van der Waals surface area contributed by atoms with Gasteiger partial charge in [-0.15, -0.1) is 0 Å². The van der Waals surface area contributed by atoms with E-state index in [9.17, 15) is 14.3 Å². The molecule has 0 aromatic heterocycles. The smallest absolute Gasteiger partial charge is 0.337 e. The molecule has 0 bridgehead atoms. The highest BCUT2D eigenvalue weighted by atomic mass is 19.1. The second-order valence-corrected chi connectivity index (χ2v) is 4.76. The summed E-state index contributed by atoms with van der Waals surface area (Å²) >= 11 is 0. The molecule has 3 N–H and O–H groups in total. The van der Waals surface area contributed by atoms with Gasteiger partial charge in [0.1, 0.15) is 5.82 Å². The fourth-order valence-electron chi connectivity index (χ4n) is 2.56. The van der Waals surface area contributed by atoms with E-state index in [1.54, 1.807) is 18.2 Å². The highest BCUT2D eigenvalue weighted by molar-refractivity contribution is 5.97. The molecule has 0 fully saturated rings. The van der Waals surface area contributed by atoms with Crippen molar-refractivity contribution in [3.05, 3.63) is 53.3 Å². The molecule has 0 saturated carbocycles. The molecule has 1 heterocycles. The molecule has 1 aliphatic rings. The van der Waals surface area contributed by atoms with Crippen LogP contribution in [0.25, 0.3) is 0 Å². The van der Waals surface area contributed by atoms with E-state index in [1.165, 1.54) is 18.2 Å². The van der Waals surface area contributed by atoms with Crippen LogP contribution < -0.4 is 10.6 Å². The lowest BCUT2D eigenvalue weighted by Crippen LogP contribution is -2.17. The summed E-state index contributed by atoms with van der Waals surface area (Å²) in [7, 11) is 0. The first kappa shape index (κ1) is 12.5. The summed E-state index contributed by atoms with van der Waals surface area (Å²) in [6, 6.07) is 9.34. The largest absolute Gasteiger partial charge is 0.478 e. The molecule has 5 heteroatoms. The number of carboxylic acids is 1. The fraction of sp³-hybridized carbons (Fsp3) is 0.133. The molecule has 20 heavy (non-hydrogen) atoms. The van der Waals surface area contributed by atoms with Crippen LogP contribution in [-0.4, -0.2) is 17.6 Å². The number of hydrogen-bond donors (Lipinski definition) is 2. The van der Waals surface area contributed by atoms with Gasteiger partial charge in [0.2, 0.25) is 0 Å². The Balaban J connectivity index is 2.13. The SMILES string of the molecule is Nc1ccc(N2CCc3ccc(F)cc32)c(C(=O)O)c1. The quantitative estimate of drug-likeness (QED) is 0.825. The standard InChI is InChI=1S/C15H13FN2O2/c16-10-2-1-9-5-6-18(14(9)7-10)13-4-3-11(17)8-12(13)15(19)20/h1-4,7-8H,5-6,17H2,(H,19,20). The molecule has 0 atom stereocenters. The topological polar surface area (TPSA) is 66.6 Å². The van der Waals surface area contributed by atoms with Gasteiger partial charge >= 0.3 is 5.97 Å². The van der Waals surface area contributed by atoms with E-state index in [4.69, 9.17) is 5.73 Å².